The minimum Gasteiger partial charge on any atom is -0.494 e. The Kier molecular flexibility index (Phi) is 6.75. The summed E-state index contributed by atoms with van der Waals surface area (Å²) in [5.74, 6) is 2.30. The monoisotopic (exact) mass is 348 g/mol. The van der Waals surface area contributed by atoms with Gasteiger partial charge in [0.1, 0.15) is 11.6 Å². The first-order valence-corrected chi connectivity index (χ1v) is 10.2. The lowest BCUT2D eigenvalue weighted by Gasteiger charge is -2.38. The maximum atomic E-state index is 14.4. The van der Waals surface area contributed by atoms with Crippen LogP contribution in [-0.4, -0.2) is 19.3 Å². The van der Waals surface area contributed by atoms with Gasteiger partial charge in [-0.05, 0) is 56.1 Å². The van der Waals surface area contributed by atoms with Gasteiger partial charge in [-0.15, -0.1) is 0 Å². The lowest BCUT2D eigenvalue weighted by Crippen LogP contribution is -2.33. The molecule has 1 aromatic rings. The second kappa shape index (κ2) is 9.02. The molecule has 25 heavy (non-hydrogen) atoms. The molecule has 0 amide bonds. The average molecular weight is 349 g/mol. The zero-order valence-corrected chi connectivity index (χ0v) is 15.8. The molecule has 1 aromatic carbocycles. The van der Waals surface area contributed by atoms with Crippen molar-refractivity contribution >= 4 is 0 Å². The van der Waals surface area contributed by atoms with Crippen molar-refractivity contribution in [2.24, 2.45) is 11.8 Å². The largest absolute Gasteiger partial charge is 0.494 e. The molecule has 140 valence electrons. The van der Waals surface area contributed by atoms with Gasteiger partial charge in [0, 0.05) is 12.0 Å². The molecule has 0 N–H and O–H groups in total. The number of halogens is 1. The van der Waals surface area contributed by atoms with Gasteiger partial charge in [-0.25, -0.2) is 4.39 Å². The average Bonchev–Trinajstić information content (AvgIpc) is 2.63. The highest BCUT2D eigenvalue weighted by molar-refractivity contribution is 5.31. The van der Waals surface area contributed by atoms with Crippen LogP contribution < -0.4 is 4.74 Å². The van der Waals surface area contributed by atoms with Gasteiger partial charge in [-0.3, -0.25) is 0 Å². The molecule has 1 aliphatic heterocycles. The van der Waals surface area contributed by atoms with E-state index in [-0.39, 0.29) is 11.7 Å². The lowest BCUT2D eigenvalue weighted by molar-refractivity contribution is -0.0440. The van der Waals surface area contributed by atoms with Gasteiger partial charge in [-0.2, -0.15) is 0 Å². The maximum Gasteiger partial charge on any atom is 0.130 e. The van der Waals surface area contributed by atoms with Crippen LogP contribution >= 0.6 is 0 Å². The quantitative estimate of drug-likeness (QED) is 0.619. The minimum atomic E-state index is -0.155. The van der Waals surface area contributed by atoms with Gasteiger partial charge in [0.15, 0.2) is 0 Å². The Labute approximate surface area is 152 Å². The second-order valence-corrected chi connectivity index (χ2v) is 7.83. The van der Waals surface area contributed by atoms with E-state index in [9.17, 15) is 4.39 Å². The number of rotatable bonds is 6. The molecule has 1 saturated carbocycles. The van der Waals surface area contributed by atoms with Crippen molar-refractivity contribution in [2.45, 2.75) is 77.2 Å². The molecule has 2 atom stereocenters. The summed E-state index contributed by atoms with van der Waals surface area (Å²) < 4.78 is 26.0. The first kappa shape index (κ1) is 18.7. The standard InChI is InChI=1S/C22H33FO2/c1-3-5-16-6-8-17(9-7-16)22-13-10-18(15-25-22)20-12-11-19(24-4-2)14-21(20)23/h11-12,14,16-18,22H,3-10,13,15H2,1-2H3. The van der Waals surface area contributed by atoms with Gasteiger partial charge in [0.25, 0.3) is 0 Å². The summed E-state index contributed by atoms with van der Waals surface area (Å²) in [6.45, 7) is 5.42. The smallest absolute Gasteiger partial charge is 0.130 e. The molecule has 3 rings (SSSR count). The summed E-state index contributed by atoms with van der Waals surface area (Å²) in [6, 6.07) is 5.27. The molecule has 2 aliphatic rings. The van der Waals surface area contributed by atoms with E-state index in [2.05, 4.69) is 6.92 Å². The molecular formula is C22H33FO2. The zero-order chi connectivity index (χ0) is 17.6. The molecular weight excluding hydrogens is 315 g/mol. The van der Waals surface area contributed by atoms with Crippen LogP contribution in [0.3, 0.4) is 0 Å². The first-order chi connectivity index (χ1) is 12.2. The van der Waals surface area contributed by atoms with Crippen molar-refractivity contribution in [1.82, 2.24) is 0 Å². The zero-order valence-electron chi connectivity index (χ0n) is 15.8. The molecule has 1 aliphatic carbocycles. The van der Waals surface area contributed by atoms with E-state index >= 15 is 0 Å². The molecule has 2 fully saturated rings. The van der Waals surface area contributed by atoms with Crippen LogP contribution in [-0.2, 0) is 4.74 Å². The Hall–Kier alpha value is -1.09. The van der Waals surface area contributed by atoms with E-state index in [1.807, 2.05) is 19.1 Å². The van der Waals surface area contributed by atoms with Gasteiger partial charge in [0.05, 0.1) is 19.3 Å². The Balaban J connectivity index is 1.50. The highest BCUT2D eigenvalue weighted by atomic mass is 19.1. The third-order valence-electron chi connectivity index (χ3n) is 6.15. The molecule has 2 nitrogen and oxygen atoms in total. The third kappa shape index (κ3) is 4.75. The van der Waals surface area contributed by atoms with E-state index in [4.69, 9.17) is 9.47 Å². The fourth-order valence-electron chi connectivity index (χ4n) is 4.74. The maximum absolute atomic E-state index is 14.4. The summed E-state index contributed by atoms with van der Waals surface area (Å²) in [6.07, 6.45) is 10.6. The van der Waals surface area contributed by atoms with Crippen molar-refractivity contribution < 1.29 is 13.9 Å². The Morgan fingerprint density at radius 3 is 2.48 bits per heavy atom. The molecule has 0 spiro atoms. The van der Waals surface area contributed by atoms with E-state index in [1.165, 1.54) is 44.6 Å². The number of hydrogen-bond acceptors (Lipinski definition) is 2. The SMILES string of the molecule is CCCC1CCC(C2CCC(c3ccc(OCC)cc3F)CO2)CC1. The van der Waals surface area contributed by atoms with Gasteiger partial charge in [-0.1, -0.05) is 38.7 Å². The van der Waals surface area contributed by atoms with Crippen LogP contribution in [0.5, 0.6) is 5.75 Å². The van der Waals surface area contributed by atoms with E-state index in [0.717, 1.165) is 30.2 Å². The number of ether oxygens (including phenoxy) is 2. The Morgan fingerprint density at radius 1 is 1.08 bits per heavy atom. The van der Waals surface area contributed by atoms with Gasteiger partial charge in [0.2, 0.25) is 0 Å². The van der Waals surface area contributed by atoms with Gasteiger partial charge < -0.3 is 9.47 Å². The van der Waals surface area contributed by atoms with Crippen molar-refractivity contribution in [3.63, 3.8) is 0 Å². The van der Waals surface area contributed by atoms with E-state index in [1.54, 1.807) is 0 Å². The van der Waals surface area contributed by atoms with Crippen molar-refractivity contribution in [1.29, 1.82) is 0 Å². The molecule has 3 heteroatoms. The van der Waals surface area contributed by atoms with Crippen LogP contribution in [0.15, 0.2) is 18.2 Å². The van der Waals surface area contributed by atoms with Crippen LogP contribution in [0.4, 0.5) is 4.39 Å². The second-order valence-electron chi connectivity index (χ2n) is 7.83. The summed E-state index contributed by atoms with van der Waals surface area (Å²) >= 11 is 0. The summed E-state index contributed by atoms with van der Waals surface area (Å²) in [4.78, 5) is 0. The van der Waals surface area contributed by atoms with Crippen molar-refractivity contribution in [3.05, 3.63) is 29.6 Å². The summed E-state index contributed by atoms with van der Waals surface area (Å²) in [5.41, 5.74) is 0.786. The lowest BCUT2D eigenvalue weighted by atomic mass is 9.75. The molecule has 0 bridgehead atoms. The summed E-state index contributed by atoms with van der Waals surface area (Å²) in [5, 5.41) is 0. The Bertz CT molecular complexity index is 529. The van der Waals surface area contributed by atoms with E-state index < -0.39 is 0 Å². The first-order valence-electron chi connectivity index (χ1n) is 10.2. The fraction of sp³-hybridized carbons (Fsp3) is 0.727. The van der Waals surface area contributed by atoms with Gasteiger partial charge >= 0.3 is 0 Å². The number of hydrogen-bond donors (Lipinski definition) is 0. The highest BCUT2D eigenvalue weighted by Gasteiger charge is 2.32. The third-order valence-corrected chi connectivity index (χ3v) is 6.15. The molecule has 0 aromatic heterocycles. The topological polar surface area (TPSA) is 18.5 Å². The Morgan fingerprint density at radius 2 is 1.88 bits per heavy atom. The van der Waals surface area contributed by atoms with Crippen molar-refractivity contribution in [2.75, 3.05) is 13.2 Å². The minimum absolute atomic E-state index is 0.155. The van der Waals surface area contributed by atoms with Crippen LogP contribution in [0.2, 0.25) is 0 Å². The molecule has 2 unspecified atom stereocenters. The van der Waals surface area contributed by atoms with Crippen molar-refractivity contribution in [3.8, 4) is 5.75 Å². The molecule has 0 radical (unpaired) electrons. The highest BCUT2D eigenvalue weighted by Crippen LogP contribution is 2.39. The van der Waals surface area contributed by atoms with Crippen LogP contribution in [0, 0.1) is 17.7 Å². The normalized spacial score (nSPS) is 30.2. The van der Waals surface area contributed by atoms with E-state index in [0.29, 0.717) is 25.1 Å². The molecule has 1 saturated heterocycles. The fourth-order valence-corrected chi connectivity index (χ4v) is 4.74. The van der Waals surface area contributed by atoms with Crippen LogP contribution in [0.25, 0.3) is 0 Å². The van der Waals surface area contributed by atoms with Crippen LogP contribution in [0.1, 0.15) is 76.7 Å². The summed E-state index contributed by atoms with van der Waals surface area (Å²) in [7, 11) is 0. The molecule has 1 heterocycles. The number of benzene rings is 1. The predicted molar refractivity (Wildman–Crippen MR) is 99.6 cm³/mol. The predicted octanol–water partition coefficient (Wildman–Crippen LogP) is 6.09.